The van der Waals surface area contributed by atoms with Crippen molar-refractivity contribution in [1.29, 1.82) is 0 Å². The lowest BCUT2D eigenvalue weighted by Crippen LogP contribution is -2.25. The van der Waals surface area contributed by atoms with Crippen LogP contribution in [-0.4, -0.2) is 33.5 Å². The summed E-state index contributed by atoms with van der Waals surface area (Å²) in [5.41, 5.74) is 18.3. The molecule has 0 saturated carbocycles. The molecule has 0 spiro atoms. The molecule has 0 aromatic carbocycles. The standard InChI is InChI=1S/C10H14N8O.2C2H6/c1-17(14)16-9(12)5-2-7-8(11)6(10(13)19)3-15-18(7)4-5;2*1-2/h2-4H,11,14H2,1H3,(H2,12,16)(H2,13,19);2*1-2H3. The summed E-state index contributed by atoms with van der Waals surface area (Å²) < 4.78 is 1.48. The van der Waals surface area contributed by atoms with E-state index in [2.05, 4.69) is 10.2 Å². The number of fused-ring (bicyclic) bond motifs is 1. The van der Waals surface area contributed by atoms with Crippen LogP contribution in [0.25, 0.3) is 5.52 Å². The van der Waals surface area contributed by atoms with Crippen molar-refractivity contribution >= 4 is 22.9 Å². The quantitative estimate of drug-likeness (QED) is 0.279. The summed E-state index contributed by atoms with van der Waals surface area (Å²) in [5, 5.41) is 8.97. The van der Waals surface area contributed by atoms with E-state index in [-0.39, 0.29) is 17.1 Å². The van der Waals surface area contributed by atoms with E-state index in [9.17, 15) is 4.79 Å². The highest BCUT2D eigenvalue weighted by Crippen LogP contribution is 2.19. The van der Waals surface area contributed by atoms with Crippen molar-refractivity contribution in [2.24, 2.45) is 22.4 Å². The number of amides is 1. The summed E-state index contributed by atoms with van der Waals surface area (Å²) in [7, 11) is 1.54. The molecular weight excluding hydrogens is 296 g/mol. The highest BCUT2D eigenvalue weighted by atomic mass is 16.1. The first kappa shape index (κ1) is 20.2. The summed E-state index contributed by atoms with van der Waals surface area (Å²) in [6.07, 6.45) is 2.93. The molecule has 2 heterocycles. The minimum atomic E-state index is -0.640. The Hall–Kier alpha value is -2.81. The number of carbonyl (C=O) groups is 1. The molecular formula is C14H26N8O. The Balaban J connectivity index is 0.00000112. The third kappa shape index (κ3) is 4.85. The zero-order chi connectivity index (χ0) is 18.2. The minimum Gasteiger partial charge on any atom is -0.396 e. The maximum Gasteiger partial charge on any atom is 0.252 e. The topological polar surface area (TPSA) is 154 Å². The number of amidine groups is 1. The number of primary amides is 1. The van der Waals surface area contributed by atoms with Crippen LogP contribution >= 0.6 is 0 Å². The number of anilines is 1. The molecule has 0 fully saturated rings. The smallest absolute Gasteiger partial charge is 0.252 e. The van der Waals surface area contributed by atoms with Crippen LogP contribution in [0.1, 0.15) is 43.6 Å². The highest BCUT2D eigenvalue weighted by molar-refractivity contribution is 6.03. The number of hydrogen-bond acceptors (Lipinski definition) is 6. The van der Waals surface area contributed by atoms with Crippen LogP contribution in [0, 0.1) is 0 Å². The van der Waals surface area contributed by atoms with E-state index in [1.165, 1.54) is 10.7 Å². The molecule has 2 rings (SSSR count). The lowest BCUT2D eigenvalue weighted by atomic mass is 10.2. The average molecular weight is 322 g/mol. The molecule has 0 saturated heterocycles. The zero-order valence-corrected chi connectivity index (χ0v) is 14.2. The van der Waals surface area contributed by atoms with E-state index >= 15 is 0 Å². The first-order valence-electron chi connectivity index (χ1n) is 7.29. The zero-order valence-electron chi connectivity index (χ0n) is 14.2. The third-order valence-electron chi connectivity index (χ3n) is 2.50. The molecule has 8 N–H and O–H groups in total. The fraction of sp³-hybridized carbons (Fsp3) is 0.357. The number of nitrogens with two attached hydrogens (primary N) is 4. The van der Waals surface area contributed by atoms with Gasteiger partial charge in [-0.3, -0.25) is 4.79 Å². The Morgan fingerprint density at radius 2 is 1.83 bits per heavy atom. The Kier molecular flexibility index (Phi) is 8.13. The molecule has 2 aromatic heterocycles. The Morgan fingerprint density at radius 3 is 2.30 bits per heavy atom. The summed E-state index contributed by atoms with van der Waals surface area (Å²) in [5.74, 6) is 4.94. The number of aromatic nitrogens is 2. The van der Waals surface area contributed by atoms with Gasteiger partial charge in [0, 0.05) is 18.8 Å². The van der Waals surface area contributed by atoms with Crippen molar-refractivity contribution in [1.82, 2.24) is 14.7 Å². The van der Waals surface area contributed by atoms with Crippen LogP contribution < -0.4 is 23.0 Å². The normalized spacial score (nSPS) is 10.3. The average Bonchev–Trinajstić information content (AvgIpc) is 2.96. The van der Waals surface area contributed by atoms with Gasteiger partial charge in [-0.1, -0.05) is 27.7 Å². The molecule has 2 aromatic rings. The second-order valence-corrected chi connectivity index (χ2v) is 3.95. The van der Waals surface area contributed by atoms with Gasteiger partial charge in [0.15, 0.2) is 5.84 Å². The third-order valence-corrected chi connectivity index (χ3v) is 2.50. The number of carbonyl (C=O) groups excluding carboxylic acids is 1. The lowest BCUT2D eigenvalue weighted by molar-refractivity contribution is 0.100. The Morgan fingerprint density at radius 1 is 1.26 bits per heavy atom. The van der Waals surface area contributed by atoms with Gasteiger partial charge in [0.2, 0.25) is 0 Å². The minimum absolute atomic E-state index is 0.156. The van der Waals surface area contributed by atoms with Crippen LogP contribution in [-0.2, 0) is 0 Å². The summed E-state index contributed by atoms with van der Waals surface area (Å²) in [6.45, 7) is 8.00. The summed E-state index contributed by atoms with van der Waals surface area (Å²) in [6, 6.07) is 1.65. The van der Waals surface area contributed by atoms with E-state index in [1.54, 1.807) is 19.3 Å². The van der Waals surface area contributed by atoms with Crippen molar-refractivity contribution < 1.29 is 4.79 Å². The maximum atomic E-state index is 11.2. The van der Waals surface area contributed by atoms with Gasteiger partial charge < -0.3 is 17.2 Å². The second-order valence-electron chi connectivity index (χ2n) is 3.95. The molecule has 0 aliphatic carbocycles. The van der Waals surface area contributed by atoms with E-state index in [0.717, 1.165) is 5.12 Å². The SMILES string of the molecule is CC.CC.CN(N)/N=C(\N)c1cc2c(N)c(C(N)=O)cnn2c1. The van der Waals surface area contributed by atoms with Crippen molar-refractivity contribution in [3.8, 4) is 0 Å². The van der Waals surface area contributed by atoms with Gasteiger partial charge in [-0.05, 0) is 6.07 Å². The van der Waals surface area contributed by atoms with Gasteiger partial charge in [-0.15, -0.1) is 5.10 Å². The Bertz CT molecular complexity index is 675. The van der Waals surface area contributed by atoms with Crippen LogP contribution in [0.2, 0.25) is 0 Å². The van der Waals surface area contributed by atoms with Crippen LogP contribution in [0.15, 0.2) is 23.6 Å². The van der Waals surface area contributed by atoms with Gasteiger partial charge in [-0.2, -0.15) is 5.10 Å². The Labute approximate surface area is 135 Å². The van der Waals surface area contributed by atoms with Crippen LogP contribution in [0.4, 0.5) is 5.69 Å². The van der Waals surface area contributed by atoms with Crippen molar-refractivity contribution in [2.45, 2.75) is 27.7 Å². The number of hydrogen-bond donors (Lipinski definition) is 4. The van der Waals surface area contributed by atoms with Crippen LogP contribution in [0.3, 0.4) is 0 Å². The first-order chi connectivity index (χ1) is 10.9. The number of nitrogen functional groups attached to an aromatic ring is 1. The first-order valence-corrected chi connectivity index (χ1v) is 7.29. The monoisotopic (exact) mass is 322 g/mol. The van der Waals surface area contributed by atoms with Crippen molar-refractivity contribution in [2.75, 3.05) is 12.8 Å². The number of rotatable bonds is 3. The maximum absolute atomic E-state index is 11.2. The number of hydrazine groups is 1. The fourth-order valence-corrected chi connectivity index (χ4v) is 1.64. The van der Waals surface area contributed by atoms with Crippen molar-refractivity contribution in [3.63, 3.8) is 0 Å². The molecule has 0 aliphatic rings. The van der Waals surface area contributed by atoms with E-state index in [0.29, 0.717) is 11.1 Å². The molecule has 9 nitrogen and oxygen atoms in total. The molecule has 0 aliphatic heterocycles. The molecule has 0 atom stereocenters. The summed E-state index contributed by atoms with van der Waals surface area (Å²) >= 11 is 0. The molecule has 9 heteroatoms. The molecule has 1 amide bonds. The highest BCUT2D eigenvalue weighted by Gasteiger charge is 2.13. The molecule has 0 radical (unpaired) electrons. The van der Waals surface area contributed by atoms with Gasteiger partial charge in [0.1, 0.15) is 0 Å². The molecule has 0 bridgehead atoms. The van der Waals surface area contributed by atoms with Crippen molar-refractivity contribution in [3.05, 3.63) is 29.6 Å². The van der Waals surface area contributed by atoms with Gasteiger partial charge in [0.25, 0.3) is 5.91 Å². The van der Waals surface area contributed by atoms with Gasteiger partial charge >= 0.3 is 0 Å². The number of hydrazone groups is 1. The number of nitrogens with zero attached hydrogens (tertiary/aromatic N) is 4. The second kappa shape index (κ2) is 9.26. The van der Waals surface area contributed by atoms with E-state index < -0.39 is 5.91 Å². The summed E-state index contributed by atoms with van der Waals surface area (Å²) in [4.78, 5) is 11.2. The lowest BCUT2D eigenvalue weighted by Gasteiger charge is -2.04. The molecule has 23 heavy (non-hydrogen) atoms. The van der Waals surface area contributed by atoms with Crippen LogP contribution in [0.5, 0.6) is 0 Å². The van der Waals surface area contributed by atoms with Gasteiger partial charge in [0.05, 0.1) is 23.0 Å². The predicted octanol–water partition coefficient (Wildman–Crippen LogP) is 0.494. The fourth-order valence-electron chi connectivity index (χ4n) is 1.64. The molecule has 128 valence electrons. The predicted molar refractivity (Wildman–Crippen MR) is 93.5 cm³/mol. The van der Waals surface area contributed by atoms with E-state index in [1.807, 2.05) is 27.7 Å². The van der Waals surface area contributed by atoms with Gasteiger partial charge in [-0.25, -0.2) is 15.5 Å². The molecule has 0 unspecified atom stereocenters. The largest absolute Gasteiger partial charge is 0.396 e. The van der Waals surface area contributed by atoms with E-state index in [4.69, 9.17) is 23.0 Å².